The van der Waals surface area contributed by atoms with E-state index in [9.17, 15) is 23.1 Å². The van der Waals surface area contributed by atoms with E-state index < -0.39 is 23.8 Å². The Kier molecular flexibility index (Phi) is 6.65. The number of fused-ring (bicyclic) bond motifs is 1. The Morgan fingerprint density at radius 3 is 2.26 bits per heavy atom. The van der Waals surface area contributed by atoms with Gasteiger partial charge in [-0.15, -0.1) is 0 Å². The van der Waals surface area contributed by atoms with E-state index >= 15 is 0 Å². The van der Waals surface area contributed by atoms with Gasteiger partial charge < -0.3 is 10.4 Å². The molecule has 1 amide bonds. The third-order valence-corrected chi connectivity index (χ3v) is 5.58. The van der Waals surface area contributed by atoms with Crippen LogP contribution in [0.4, 0.5) is 13.2 Å². The van der Waals surface area contributed by atoms with Crippen LogP contribution in [0.1, 0.15) is 27.2 Å². The summed E-state index contributed by atoms with van der Waals surface area (Å²) in [5.41, 5.74) is 1.19. The van der Waals surface area contributed by atoms with Gasteiger partial charge >= 0.3 is 6.18 Å². The van der Waals surface area contributed by atoms with Gasteiger partial charge in [0.1, 0.15) is 5.69 Å². The Hall–Kier alpha value is -3.71. The highest BCUT2D eigenvalue weighted by molar-refractivity contribution is 5.98. The Bertz CT molecular complexity index is 1310. The number of carbonyl (C=O) groups is 1. The van der Waals surface area contributed by atoms with E-state index in [1.54, 1.807) is 43.3 Å². The van der Waals surface area contributed by atoms with Gasteiger partial charge in [-0.05, 0) is 47.4 Å². The van der Waals surface area contributed by atoms with Crippen molar-refractivity contribution in [3.8, 4) is 11.1 Å². The topological polar surface area (TPSA) is 62.2 Å². The minimum absolute atomic E-state index is 0.0500. The number of hydrogen-bond acceptors (Lipinski definition) is 3. The molecule has 0 saturated heterocycles. The summed E-state index contributed by atoms with van der Waals surface area (Å²) in [5, 5.41) is 13.1. The van der Waals surface area contributed by atoms with Gasteiger partial charge in [-0.1, -0.05) is 60.7 Å². The average molecular weight is 464 g/mol. The molecule has 4 nitrogen and oxygen atoms in total. The zero-order chi connectivity index (χ0) is 24.3. The Morgan fingerprint density at radius 2 is 1.62 bits per heavy atom. The number of nitrogens with zero attached hydrogens (tertiary/aromatic N) is 1. The van der Waals surface area contributed by atoms with Gasteiger partial charge in [-0.25, -0.2) is 4.98 Å². The van der Waals surface area contributed by atoms with Crippen LogP contribution in [0.5, 0.6) is 0 Å². The smallest absolute Gasteiger partial charge is 0.391 e. The first-order valence-electron chi connectivity index (χ1n) is 10.8. The number of hydrogen-bond donors (Lipinski definition) is 2. The first-order valence-corrected chi connectivity index (χ1v) is 10.8. The first kappa shape index (κ1) is 23.4. The second kappa shape index (κ2) is 9.65. The van der Waals surface area contributed by atoms with E-state index in [1.165, 1.54) is 6.07 Å². The second-order valence-corrected chi connectivity index (χ2v) is 8.16. The first-order chi connectivity index (χ1) is 16.2. The van der Waals surface area contributed by atoms with Crippen molar-refractivity contribution in [2.45, 2.75) is 25.6 Å². The van der Waals surface area contributed by atoms with Gasteiger partial charge in [0.15, 0.2) is 0 Å². The van der Waals surface area contributed by atoms with Gasteiger partial charge in [-0.2, -0.15) is 13.2 Å². The molecule has 34 heavy (non-hydrogen) atoms. The number of benzene rings is 3. The summed E-state index contributed by atoms with van der Waals surface area (Å²) >= 11 is 0. The Balaban J connectivity index is 1.63. The number of aliphatic hydroxyl groups is 1. The maximum Gasteiger partial charge on any atom is 0.418 e. The van der Waals surface area contributed by atoms with E-state index in [0.29, 0.717) is 28.5 Å². The maximum atomic E-state index is 14.0. The SMILES string of the molecule is Cc1cc(C(=O)NCC(O)Cc2ccccc2)nc2c(C(F)(F)F)cc(-c3ccccc3)cc12. The highest BCUT2D eigenvalue weighted by Crippen LogP contribution is 2.38. The number of carbonyl (C=O) groups excluding carboxylic acids is 1. The third kappa shape index (κ3) is 5.26. The predicted molar refractivity (Wildman–Crippen MR) is 125 cm³/mol. The van der Waals surface area contributed by atoms with E-state index in [2.05, 4.69) is 10.3 Å². The molecule has 0 fully saturated rings. The van der Waals surface area contributed by atoms with E-state index in [4.69, 9.17) is 0 Å². The van der Waals surface area contributed by atoms with Gasteiger partial charge in [0.05, 0.1) is 17.2 Å². The molecule has 0 aliphatic carbocycles. The van der Waals surface area contributed by atoms with Crippen LogP contribution in [0, 0.1) is 6.92 Å². The van der Waals surface area contributed by atoms with Crippen LogP contribution in [-0.4, -0.2) is 28.6 Å². The maximum absolute atomic E-state index is 14.0. The molecule has 4 aromatic rings. The lowest BCUT2D eigenvalue weighted by atomic mass is 9.96. The molecule has 3 aromatic carbocycles. The predicted octanol–water partition coefficient (Wildman–Crippen LogP) is 5.56. The molecule has 0 spiro atoms. The number of aromatic nitrogens is 1. The summed E-state index contributed by atoms with van der Waals surface area (Å²) in [5.74, 6) is -0.641. The average Bonchev–Trinajstić information content (AvgIpc) is 2.82. The zero-order valence-corrected chi connectivity index (χ0v) is 18.4. The fourth-order valence-corrected chi connectivity index (χ4v) is 3.88. The van der Waals surface area contributed by atoms with Crippen LogP contribution in [0.15, 0.2) is 78.9 Å². The zero-order valence-electron chi connectivity index (χ0n) is 18.4. The van der Waals surface area contributed by atoms with Crippen molar-refractivity contribution in [1.29, 1.82) is 0 Å². The van der Waals surface area contributed by atoms with Crippen molar-refractivity contribution in [3.63, 3.8) is 0 Å². The normalized spacial score (nSPS) is 12.5. The summed E-state index contributed by atoms with van der Waals surface area (Å²) in [7, 11) is 0. The molecule has 1 unspecified atom stereocenters. The van der Waals surface area contributed by atoms with Crippen LogP contribution in [0.3, 0.4) is 0 Å². The summed E-state index contributed by atoms with van der Waals surface area (Å²) < 4.78 is 41.9. The molecule has 2 N–H and O–H groups in total. The van der Waals surface area contributed by atoms with Crippen molar-refractivity contribution >= 4 is 16.8 Å². The fraction of sp³-hybridized carbons (Fsp3) is 0.185. The van der Waals surface area contributed by atoms with Crippen LogP contribution >= 0.6 is 0 Å². The van der Waals surface area contributed by atoms with Crippen molar-refractivity contribution in [2.24, 2.45) is 0 Å². The molecule has 1 aromatic heterocycles. The van der Waals surface area contributed by atoms with Crippen LogP contribution in [0.25, 0.3) is 22.0 Å². The molecular formula is C27H23F3N2O2. The number of pyridine rings is 1. The quantitative estimate of drug-likeness (QED) is 0.393. The molecule has 7 heteroatoms. The molecule has 0 bridgehead atoms. The molecule has 0 aliphatic heterocycles. The lowest BCUT2D eigenvalue weighted by Crippen LogP contribution is -2.33. The van der Waals surface area contributed by atoms with Crippen LogP contribution in [-0.2, 0) is 12.6 Å². The minimum Gasteiger partial charge on any atom is -0.391 e. The lowest BCUT2D eigenvalue weighted by molar-refractivity contribution is -0.136. The number of nitrogens with one attached hydrogen (secondary N) is 1. The molecule has 0 aliphatic rings. The summed E-state index contributed by atoms with van der Waals surface area (Å²) in [4.78, 5) is 16.8. The minimum atomic E-state index is -4.65. The molecule has 1 heterocycles. The largest absolute Gasteiger partial charge is 0.418 e. The highest BCUT2D eigenvalue weighted by atomic mass is 19.4. The van der Waals surface area contributed by atoms with Gasteiger partial charge in [-0.3, -0.25) is 4.79 Å². The van der Waals surface area contributed by atoms with Crippen LogP contribution < -0.4 is 5.32 Å². The van der Waals surface area contributed by atoms with Crippen molar-refractivity contribution in [3.05, 3.63) is 101 Å². The summed E-state index contributed by atoms with van der Waals surface area (Å²) in [6.45, 7) is 1.60. The second-order valence-electron chi connectivity index (χ2n) is 8.16. The Labute approximate surface area is 195 Å². The van der Waals surface area contributed by atoms with Crippen molar-refractivity contribution in [2.75, 3.05) is 6.54 Å². The molecule has 0 saturated carbocycles. The highest BCUT2D eigenvalue weighted by Gasteiger charge is 2.34. The molecule has 174 valence electrons. The number of rotatable bonds is 6. The molecule has 1 atom stereocenters. The van der Waals surface area contributed by atoms with E-state index in [-0.39, 0.29) is 17.8 Å². The van der Waals surface area contributed by atoms with Gasteiger partial charge in [0, 0.05) is 18.4 Å². The summed E-state index contributed by atoms with van der Waals surface area (Å²) in [6, 6.07) is 22.3. The number of alkyl halides is 3. The monoisotopic (exact) mass is 464 g/mol. The molecular weight excluding hydrogens is 441 g/mol. The molecule has 4 rings (SSSR count). The van der Waals surface area contributed by atoms with Crippen molar-refractivity contribution < 1.29 is 23.1 Å². The summed E-state index contributed by atoms with van der Waals surface area (Å²) in [6.07, 6.45) is -5.15. The van der Waals surface area contributed by atoms with Crippen molar-refractivity contribution in [1.82, 2.24) is 10.3 Å². The Morgan fingerprint density at radius 1 is 0.971 bits per heavy atom. The van der Waals surface area contributed by atoms with E-state index in [1.807, 2.05) is 30.3 Å². The third-order valence-electron chi connectivity index (χ3n) is 5.58. The van der Waals surface area contributed by atoms with Gasteiger partial charge in [0.2, 0.25) is 0 Å². The van der Waals surface area contributed by atoms with E-state index in [0.717, 1.165) is 11.6 Å². The fourth-order valence-electron chi connectivity index (χ4n) is 3.88. The van der Waals surface area contributed by atoms with Gasteiger partial charge in [0.25, 0.3) is 5.91 Å². The van der Waals surface area contributed by atoms with Crippen LogP contribution in [0.2, 0.25) is 0 Å². The number of aliphatic hydroxyl groups excluding tert-OH is 1. The lowest BCUT2D eigenvalue weighted by Gasteiger charge is -2.16. The number of halogens is 3. The standard InChI is InChI=1S/C27H23F3N2O2/c1-17-12-24(26(34)31-16-21(33)13-18-8-4-2-5-9-18)32-25-22(17)14-20(15-23(25)27(28,29)30)19-10-6-3-7-11-19/h2-12,14-15,21,33H,13,16H2,1H3,(H,31,34). The number of aryl methyl sites for hydroxylation is 1. The number of amides is 1. The molecule has 0 radical (unpaired) electrons.